The summed E-state index contributed by atoms with van der Waals surface area (Å²) in [6, 6.07) is 5.80. The number of halogens is 1. The topological polar surface area (TPSA) is 21.1 Å². The van der Waals surface area contributed by atoms with Gasteiger partial charge in [0.15, 0.2) is 6.04 Å². The number of hydrogen-bond acceptors (Lipinski definition) is 0. The van der Waals surface area contributed by atoms with Crippen LogP contribution in [0.3, 0.4) is 0 Å². The van der Waals surface area contributed by atoms with Gasteiger partial charge in [0.1, 0.15) is 18.9 Å². The Morgan fingerprint density at radius 1 is 1.38 bits per heavy atom. The van der Waals surface area contributed by atoms with Crippen LogP contribution >= 0.6 is 0 Å². The molecule has 0 radical (unpaired) electrons. The van der Waals surface area contributed by atoms with Gasteiger partial charge in [0, 0.05) is 11.1 Å². The lowest BCUT2D eigenvalue weighted by atomic mass is 9.95. The maximum absolute atomic E-state index is 13.2. The molecule has 1 atom stereocenters. The fourth-order valence-corrected chi connectivity index (χ4v) is 2.75. The quantitative estimate of drug-likeness (QED) is 0.714. The van der Waals surface area contributed by atoms with Gasteiger partial charge >= 0.3 is 0 Å². The van der Waals surface area contributed by atoms with Gasteiger partial charge in [0.05, 0.1) is 13.1 Å². The van der Waals surface area contributed by atoms with Gasteiger partial charge in [-0.3, -0.25) is 0 Å². The van der Waals surface area contributed by atoms with E-state index in [4.69, 9.17) is 0 Å². The molecule has 3 heteroatoms. The number of hydrogen-bond donors (Lipinski definition) is 2. The Morgan fingerprint density at radius 3 is 2.81 bits per heavy atom. The van der Waals surface area contributed by atoms with Crippen molar-refractivity contribution < 1.29 is 14.6 Å². The second-order valence-electron chi connectivity index (χ2n) is 4.49. The van der Waals surface area contributed by atoms with Crippen LogP contribution in [0.4, 0.5) is 4.39 Å². The Morgan fingerprint density at radius 2 is 2.12 bits per heavy atom. The van der Waals surface area contributed by atoms with E-state index in [9.17, 15) is 4.39 Å². The van der Waals surface area contributed by atoms with Crippen molar-refractivity contribution in [3.8, 4) is 0 Å². The van der Waals surface area contributed by atoms with Gasteiger partial charge in [0.2, 0.25) is 0 Å². The average molecular weight is 224 g/mol. The molecule has 1 aromatic rings. The Bertz CT molecular complexity index is 361. The highest BCUT2D eigenvalue weighted by Crippen LogP contribution is 2.18. The van der Waals surface area contributed by atoms with Crippen molar-refractivity contribution in [2.24, 2.45) is 0 Å². The highest BCUT2D eigenvalue weighted by atomic mass is 19.1. The van der Waals surface area contributed by atoms with Crippen molar-refractivity contribution in [3.63, 3.8) is 0 Å². The SMILES string of the molecule is CC[NH+](CC)[C@@H]1C[NH2+]Cc2cc(F)ccc21. The fourth-order valence-electron chi connectivity index (χ4n) is 2.75. The molecular weight excluding hydrogens is 203 g/mol. The first-order valence-electron chi connectivity index (χ1n) is 6.20. The van der Waals surface area contributed by atoms with E-state index in [1.807, 2.05) is 6.07 Å². The standard InChI is InChI=1S/C13H19FN2/c1-3-16(4-2)13-9-15-8-10-7-11(14)5-6-12(10)13/h5-7,13,15H,3-4,8-9H2,1-2H3/p+2/t13-/m1/s1. The number of likely N-dealkylation sites (N-methyl/N-ethyl adjacent to an activating group) is 1. The van der Waals surface area contributed by atoms with E-state index in [-0.39, 0.29) is 5.82 Å². The molecule has 16 heavy (non-hydrogen) atoms. The van der Waals surface area contributed by atoms with Crippen molar-refractivity contribution in [3.05, 3.63) is 35.1 Å². The first-order chi connectivity index (χ1) is 7.76. The second kappa shape index (κ2) is 4.93. The maximum atomic E-state index is 13.2. The minimum absolute atomic E-state index is 0.109. The lowest BCUT2D eigenvalue weighted by molar-refractivity contribution is -0.945. The van der Waals surface area contributed by atoms with Crippen LogP contribution in [0.1, 0.15) is 31.0 Å². The molecule has 0 spiro atoms. The van der Waals surface area contributed by atoms with Crippen LogP contribution in [-0.4, -0.2) is 19.6 Å². The molecule has 0 bridgehead atoms. The zero-order chi connectivity index (χ0) is 11.5. The van der Waals surface area contributed by atoms with Gasteiger partial charge in [-0.05, 0) is 32.0 Å². The predicted octanol–water partition coefficient (Wildman–Crippen LogP) is -0.131. The third kappa shape index (κ3) is 2.11. The van der Waals surface area contributed by atoms with E-state index >= 15 is 0 Å². The summed E-state index contributed by atoms with van der Waals surface area (Å²) in [4.78, 5) is 1.59. The van der Waals surface area contributed by atoms with Crippen LogP contribution in [-0.2, 0) is 6.54 Å². The first kappa shape index (κ1) is 11.6. The lowest BCUT2D eigenvalue weighted by Gasteiger charge is -2.30. The number of benzene rings is 1. The van der Waals surface area contributed by atoms with Gasteiger partial charge < -0.3 is 10.2 Å². The molecule has 3 N–H and O–H groups in total. The zero-order valence-electron chi connectivity index (χ0n) is 10.1. The molecule has 0 unspecified atom stereocenters. The highest BCUT2D eigenvalue weighted by Gasteiger charge is 2.29. The molecule has 1 heterocycles. The Labute approximate surface area is 96.5 Å². The molecule has 2 rings (SSSR count). The van der Waals surface area contributed by atoms with Crippen LogP contribution in [0.5, 0.6) is 0 Å². The number of nitrogens with one attached hydrogen (secondary N) is 1. The van der Waals surface area contributed by atoms with Gasteiger partial charge in [-0.25, -0.2) is 4.39 Å². The molecule has 0 saturated carbocycles. The summed E-state index contributed by atoms with van der Waals surface area (Å²) < 4.78 is 13.2. The number of quaternary nitrogens is 2. The van der Waals surface area contributed by atoms with Crippen LogP contribution in [0.25, 0.3) is 0 Å². The largest absolute Gasteiger partial charge is 0.337 e. The normalized spacial score (nSPS) is 19.9. The smallest absolute Gasteiger partial charge is 0.163 e. The first-order valence-corrected chi connectivity index (χ1v) is 6.20. The summed E-state index contributed by atoms with van der Waals surface area (Å²) in [6.07, 6.45) is 0. The summed E-state index contributed by atoms with van der Waals surface area (Å²) in [5, 5.41) is 2.29. The van der Waals surface area contributed by atoms with Crippen LogP contribution in [0.15, 0.2) is 18.2 Å². The monoisotopic (exact) mass is 224 g/mol. The average Bonchev–Trinajstić information content (AvgIpc) is 2.30. The fraction of sp³-hybridized carbons (Fsp3) is 0.538. The molecular formula is C13H21FN2+2. The van der Waals surface area contributed by atoms with Crippen LogP contribution in [0.2, 0.25) is 0 Å². The molecule has 1 aromatic carbocycles. The molecule has 88 valence electrons. The van der Waals surface area contributed by atoms with E-state index in [0.717, 1.165) is 26.2 Å². The molecule has 0 fully saturated rings. The van der Waals surface area contributed by atoms with Crippen molar-refractivity contribution in [2.75, 3.05) is 19.6 Å². The summed E-state index contributed by atoms with van der Waals surface area (Å²) in [5.74, 6) is -0.109. The maximum Gasteiger partial charge on any atom is 0.163 e. The number of nitrogens with two attached hydrogens (primary N) is 1. The van der Waals surface area contributed by atoms with Crippen LogP contribution < -0.4 is 10.2 Å². The Balaban J connectivity index is 2.32. The summed E-state index contributed by atoms with van der Waals surface area (Å²) in [5.41, 5.74) is 2.53. The highest BCUT2D eigenvalue weighted by molar-refractivity contribution is 5.30. The summed E-state index contributed by atoms with van der Waals surface area (Å²) in [6.45, 7) is 8.74. The minimum atomic E-state index is -0.109. The molecule has 1 aliphatic heterocycles. The molecule has 0 saturated heterocycles. The number of rotatable bonds is 3. The van der Waals surface area contributed by atoms with E-state index in [1.54, 1.807) is 17.0 Å². The number of fused-ring (bicyclic) bond motifs is 1. The predicted molar refractivity (Wildman–Crippen MR) is 61.7 cm³/mol. The van der Waals surface area contributed by atoms with Gasteiger partial charge in [0.25, 0.3) is 0 Å². The zero-order valence-corrected chi connectivity index (χ0v) is 10.1. The van der Waals surface area contributed by atoms with E-state index in [2.05, 4.69) is 19.2 Å². The molecule has 0 aliphatic carbocycles. The Kier molecular flexibility index (Phi) is 3.56. The van der Waals surface area contributed by atoms with Gasteiger partial charge in [-0.2, -0.15) is 0 Å². The molecule has 2 nitrogen and oxygen atoms in total. The van der Waals surface area contributed by atoms with E-state index in [0.29, 0.717) is 6.04 Å². The Hall–Kier alpha value is -0.930. The third-order valence-electron chi connectivity index (χ3n) is 3.65. The molecule has 0 amide bonds. The molecule has 1 aliphatic rings. The van der Waals surface area contributed by atoms with Crippen molar-refractivity contribution in [2.45, 2.75) is 26.4 Å². The van der Waals surface area contributed by atoms with Crippen molar-refractivity contribution >= 4 is 0 Å². The van der Waals surface area contributed by atoms with Crippen molar-refractivity contribution in [1.29, 1.82) is 0 Å². The van der Waals surface area contributed by atoms with Crippen molar-refractivity contribution in [1.82, 2.24) is 0 Å². The summed E-state index contributed by atoms with van der Waals surface area (Å²) in [7, 11) is 0. The van der Waals surface area contributed by atoms with Gasteiger partial charge in [-0.15, -0.1) is 0 Å². The van der Waals surface area contributed by atoms with E-state index < -0.39 is 0 Å². The minimum Gasteiger partial charge on any atom is -0.337 e. The lowest BCUT2D eigenvalue weighted by Crippen LogP contribution is -3.14. The molecule has 0 aromatic heterocycles. The summed E-state index contributed by atoms with van der Waals surface area (Å²) >= 11 is 0. The van der Waals surface area contributed by atoms with E-state index in [1.165, 1.54) is 11.1 Å². The van der Waals surface area contributed by atoms with Gasteiger partial charge in [-0.1, -0.05) is 0 Å². The van der Waals surface area contributed by atoms with Crippen LogP contribution in [0, 0.1) is 5.82 Å². The second-order valence-corrected chi connectivity index (χ2v) is 4.49. The third-order valence-corrected chi connectivity index (χ3v) is 3.65.